The van der Waals surface area contributed by atoms with Crippen molar-refractivity contribution in [3.63, 3.8) is 0 Å². The summed E-state index contributed by atoms with van der Waals surface area (Å²) in [4.78, 5) is 25.2. The van der Waals surface area contributed by atoms with Crippen molar-refractivity contribution in [3.8, 4) is 0 Å². The number of likely N-dealkylation sites (tertiary alicyclic amines) is 1. The Morgan fingerprint density at radius 2 is 2.05 bits per heavy atom. The van der Waals surface area contributed by atoms with Crippen LogP contribution in [-0.4, -0.2) is 53.3 Å². The number of nitrogens with zero attached hydrogens (tertiary/aromatic N) is 1. The van der Waals surface area contributed by atoms with Gasteiger partial charge >= 0.3 is 12.0 Å². The zero-order chi connectivity index (χ0) is 14.5. The van der Waals surface area contributed by atoms with Crippen LogP contribution in [0.25, 0.3) is 0 Å². The van der Waals surface area contributed by atoms with E-state index in [0.717, 1.165) is 32.1 Å². The second-order valence-electron chi connectivity index (χ2n) is 5.75. The van der Waals surface area contributed by atoms with E-state index in [-0.39, 0.29) is 18.2 Å². The number of carboxylic acid groups (broad SMARTS) is 1. The molecule has 2 aliphatic heterocycles. The number of aliphatic carboxylic acids is 1. The number of urea groups is 1. The first-order valence-electron chi connectivity index (χ1n) is 7.49. The van der Waals surface area contributed by atoms with Gasteiger partial charge in [0.15, 0.2) is 0 Å². The summed E-state index contributed by atoms with van der Waals surface area (Å²) >= 11 is 0. The number of hydrogen-bond acceptors (Lipinski definition) is 3. The summed E-state index contributed by atoms with van der Waals surface area (Å²) in [6, 6.07) is -0.836. The van der Waals surface area contributed by atoms with Gasteiger partial charge in [-0.3, -0.25) is 0 Å². The maximum absolute atomic E-state index is 12.4. The zero-order valence-electron chi connectivity index (χ0n) is 12.0. The third-order valence-corrected chi connectivity index (χ3v) is 4.11. The summed E-state index contributed by atoms with van der Waals surface area (Å²) in [6.45, 7) is 3.17. The summed E-state index contributed by atoms with van der Waals surface area (Å²) < 4.78 is 5.46. The molecule has 2 fully saturated rings. The molecule has 2 rings (SSSR count). The zero-order valence-corrected chi connectivity index (χ0v) is 12.0. The normalized spacial score (nSPS) is 31.4. The third kappa shape index (κ3) is 3.85. The molecule has 2 amide bonds. The molecule has 0 aromatic carbocycles. The summed E-state index contributed by atoms with van der Waals surface area (Å²) in [6.07, 6.45) is 5.01. The van der Waals surface area contributed by atoms with Crippen LogP contribution in [0.2, 0.25) is 0 Å². The van der Waals surface area contributed by atoms with Crippen molar-refractivity contribution in [2.24, 2.45) is 0 Å². The molecule has 114 valence electrons. The fourth-order valence-electron chi connectivity index (χ4n) is 2.99. The van der Waals surface area contributed by atoms with Gasteiger partial charge in [0.25, 0.3) is 0 Å². The van der Waals surface area contributed by atoms with E-state index in [0.29, 0.717) is 19.6 Å². The van der Waals surface area contributed by atoms with Gasteiger partial charge in [-0.15, -0.1) is 0 Å². The second kappa shape index (κ2) is 6.92. The summed E-state index contributed by atoms with van der Waals surface area (Å²) in [5, 5.41) is 12.3. The third-order valence-electron chi connectivity index (χ3n) is 4.11. The lowest BCUT2D eigenvalue weighted by Crippen LogP contribution is -2.53. The first-order valence-corrected chi connectivity index (χ1v) is 7.49. The van der Waals surface area contributed by atoms with Crippen molar-refractivity contribution in [1.82, 2.24) is 10.2 Å². The van der Waals surface area contributed by atoms with Gasteiger partial charge in [0.1, 0.15) is 6.04 Å². The number of rotatable bonds is 2. The van der Waals surface area contributed by atoms with Crippen LogP contribution < -0.4 is 5.32 Å². The lowest BCUT2D eigenvalue weighted by atomic mass is 10.0. The lowest BCUT2D eigenvalue weighted by Gasteiger charge is -2.32. The quantitative estimate of drug-likeness (QED) is 0.807. The van der Waals surface area contributed by atoms with Gasteiger partial charge in [0.05, 0.1) is 6.10 Å². The van der Waals surface area contributed by atoms with Gasteiger partial charge in [0, 0.05) is 19.2 Å². The predicted octanol–water partition coefficient (Wildman–Crippen LogP) is 1.59. The monoisotopic (exact) mass is 284 g/mol. The van der Waals surface area contributed by atoms with Crippen molar-refractivity contribution < 1.29 is 19.4 Å². The molecule has 0 radical (unpaired) electrons. The van der Waals surface area contributed by atoms with E-state index in [1.165, 1.54) is 4.90 Å². The van der Waals surface area contributed by atoms with Crippen LogP contribution in [0.1, 0.15) is 45.4 Å². The Bertz CT molecular complexity index is 361. The standard InChI is InChI=1S/C14H24N2O4/c1-10-9-11(6-8-20-10)15-14(19)16-7-4-2-3-5-12(16)13(17)18/h10-12H,2-9H2,1H3,(H,15,19)(H,17,18). The first kappa shape index (κ1) is 15.1. The van der Waals surface area contributed by atoms with Crippen LogP contribution in [0.4, 0.5) is 4.79 Å². The van der Waals surface area contributed by atoms with Gasteiger partial charge in [-0.25, -0.2) is 9.59 Å². The molecular formula is C14H24N2O4. The maximum Gasteiger partial charge on any atom is 0.326 e. The molecule has 0 aliphatic carbocycles. The smallest absolute Gasteiger partial charge is 0.326 e. The summed E-state index contributed by atoms with van der Waals surface area (Å²) in [5.74, 6) is -0.901. The fraction of sp³-hybridized carbons (Fsp3) is 0.857. The van der Waals surface area contributed by atoms with E-state index in [4.69, 9.17) is 4.74 Å². The number of nitrogens with one attached hydrogen (secondary N) is 1. The van der Waals surface area contributed by atoms with E-state index in [1.54, 1.807) is 0 Å². The highest BCUT2D eigenvalue weighted by Gasteiger charge is 2.32. The van der Waals surface area contributed by atoms with Crippen molar-refractivity contribution in [2.45, 2.75) is 63.6 Å². The van der Waals surface area contributed by atoms with Crippen LogP contribution in [0, 0.1) is 0 Å². The van der Waals surface area contributed by atoms with Crippen molar-refractivity contribution in [2.75, 3.05) is 13.2 Å². The van der Waals surface area contributed by atoms with Gasteiger partial charge < -0.3 is 20.1 Å². The number of carbonyl (C=O) groups excluding carboxylic acids is 1. The Labute approximate surface area is 119 Å². The molecule has 2 saturated heterocycles. The molecule has 20 heavy (non-hydrogen) atoms. The van der Waals surface area contributed by atoms with Gasteiger partial charge in [-0.1, -0.05) is 12.8 Å². The average Bonchev–Trinajstić information content (AvgIpc) is 2.64. The Kier molecular flexibility index (Phi) is 5.23. The lowest BCUT2D eigenvalue weighted by molar-refractivity contribution is -0.142. The number of ether oxygens (including phenoxy) is 1. The van der Waals surface area contributed by atoms with E-state index < -0.39 is 12.0 Å². The second-order valence-corrected chi connectivity index (χ2v) is 5.75. The highest BCUT2D eigenvalue weighted by molar-refractivity contribution is 5.82. The highest BCUT2D eigenvalue weighted by Crippen LogP contribution is 2.19. The largest absolute Gasteiger partial charge is 0.480 e. The molecule has 0 bridgehead atoms. The molecular weight excluding hydrogens is 260 g/mol. The highest BCUT2D eigenvalue weighted by atomic mass is 16.5. The molecule has 3 unspecified atom stereocenters. The van der Waals surface area contributed by atoms with E-state index in [2.05, 4.69) is 5.32 Å². The molecule has 0 spiro atoms. The van der Waals surface area contributed by atoms with Crippen molar-refractivity contribution in [1.29, 1.82) is 0 Å². The first-order chi connectivity index (χ1) is 9.58. The van der Waals surface area contributed by atoms with Gasteiger partial charge in [-0.05, 0) is 32.6 Å². The molecule has 2 N–H and O–H groups in total. The Morgan fingerprint density at radius 3 is 2.75 bits per heavy atom. The van der Waals surface area contributed by atoms with E-state index in [1.807, 2.05) is 6.92 Å². The van der Waals surface area contributed by atoms with Crippen LogP contribution in [-0.2, 0) is 9.53 Å². The number of carboxylic acids is 1. The van der Waals surface area contributed by atoms with Crippen LogP contribution >= 0.6 is 0 Å². The number of amides is 2. The maximum atomic E-state index is 12.4. The van der Waals surface area contributed by atoms with Gasteiger partial charge in [-0.2, -0.15) is 0 Å². The Balaban J connectivity index is 1.96. The molecule has 3 atom stereocenters. The number of carbonyl (C=O) groups is 2. The predicted molar refractivity (Wildman–Crippen MR) is 73.6 cm³/mol. The van der Waals surface area contributed by atoms with Crippen LogP contribution in [0.3, 0.4) is 0 Å². The number of hydrogen-bond donors (Lipinski definition) is 2. The average molecular weight is 284 g/mol. The minimum Gasteiger partial charge on any atom is -0.480 e. The minimum absolute atomic E-state index is 0.0870. The molecule has 6 nitrogen and oxygen atoms in total. The SMILES string of the molecule is CC1CC(NC(=O)N2CCCCCC2C(=O)O)CCO1. The topological polar surface area (TPSA) is 78.9 Å². The van der Waals surface area contributed by atoms with Gasteiger partial charge in [0.2, 0.25) is 0 Å². The van der Waals surface area contributed by atoms with Crippen LogP contribution in [0.5, 0.6) is 0 Å². The molecule has 2 heterocycles. The van der Waals surface area contributed by atoms with Crippen molar-refractivity contribution in [3.05, 3.63) is 0 Å². The minimum atomic E-state index is -0.901. The fourth-order valence-corrected chi connectivity index (χ4v) is 2.99. The van der Waals surface area contributed by atoms with Crippen molar-refractivity contribution >= 4 is 12.0 Å². The molecule has 6 heteroatoms. The molecule has 0 saturated carbocycles. The Morgan fingerprint density at radius 1 is 1.25 bits per heavy atom. The van der Waals surface area contributed by atoms with E-state index in [9.17, 15) is 14.7 Å². The Hall–Kier alpha value is -1.30. The molecule has 0 aromatic heterocycles. The summed E-state index contributed by atoms with van der Waals surface area (Å²) in [5.41, 5.74) is 0. The van der Waals surface area contributed by atoms with Crippen LogP contribution in [0.15, 0.2) is 0 Å². The van der Waals surface area contributed by atoms with E-state index >= 15 is 0 Å². The summed E-state index contributed by atoms with van der Waals surface area (Å²) in [7, 11) is 0. The molecule has 0 aromatic rings. The molecule has 2 aliphatic rings.